The molecule has 0 spiro atoms. The molecule has 33 heavy (non-hydrogen) atoms. The van der Waals surface area contributed by atoms with Crippen LogP contribution in [0, 0.1) is 0 Å². The highest BCUT2D eigenvalue weighted by molar-refractivity contribution is 7.16. The van der Waals surface area contributed by atoms with E-state index < -0.39 is 12.0 Å². The van der Waals surface area contributed by atoms with Crippen LogP contribution in [0.2, 0.25) is 4.34 Å². The average molecular weight is 488 g/mol. The van der Waals surface area contributed by atoms with Crippen molar-refractivity contribution in [3.63, 3.8) is 0 Å². The SMILES string of the molecule is CC1(C)O[C@H]2[C@H](O1)[C@@H](C=Cc1ccc(Cl)s1)O[C@H]2n1cnc2c(NC3CCCC3)ncnc21. The van der Waals surface area contributed by atoms with Gasteiger partial charge in [-0.3, -0.25) is 4.57 Å². The first-order valence-electron chi connectivity index (χ1n) is 11.4. The molecule has 0 amide bonds. The van der Waals surface area contributed by atoms with Crippen molar-refractivity contribution < 1.29 is 14.2 Å². The monoisotopic (exact) mass is 487 g/mol. The first kappa shape index (κ1) is 21.5. The summed E-state index contributed by atoms with van der Waals surface area (Å²) in [6.45, 7) is 3.86. The number of fused-ring (bicyclic) bond motifs is 2. The molecule has 3 aliphatic rings. The van der Waals surface area contributed by atoms with E-state index in [1.165, 1.54) is 24.2 Å². The van der Waals surface area contributed by atoms with Crippen LogP contribution in [0.5, 0.6) is 0 Å². The number of nitrogens with one attached hydrogen (secondary N) is 1. The minimum absolute atomic E-state index is 0.243. The molecule has 3 aromatic rings. The van der Waals surface area contributed by atoms with Gasteiger partial charge in [0.25, 0.3) is 0 Å². The molecule has 2 aliphatic heterocycles. The summed E-state index contributed by atoms with van der Waals surface area (Å²) in [5.74, 6) is 0.0751. The lowest BCUT2D eigenvalue weighted by molar-refractivity contribution is -0.191. The largest absolute Gasteiger partial charge is 0.365 e. The summed E-state index contributed by atoms with van der Waals surface area (Å²) in [6, 6.07) is 4.32. The fraction of sp³-hybridized carbons (Fsp3) is 0.522. The molecule has 1 N–H and O–H groups in total. The Kier molecular flexibility index (Phi) is 5.42. The van der Waals surface area contributed by atoms with Gasteiger partial charge in [0.1, 0.15) is 24.6 Å². The zero-order valence-corrected chi connectivity index (χ0v) is 20.1. The number of hydrogen-bond acceptors (Lipinski definition) is 8. The maximum absolute atomic E-state index is 6.45. The van der Waals surface area contributed by atoms with Gasteiger partial charge < -0.3 is 19.5 Å². The van der Waals surface area contributed by atoms with Crippen LogP contribution in [0.25, 0.3) is 17.2 Å². The molecule has 174 valence electrons. The molecular formula is C23H26ClN5O3S. The maximum atomic E-state index is 6.45. The van der Waals surface area contributed by atoms with E-state index in [2.05, 4.69) is 20.3 Å². The highest BCUT2D eigenvalue weighted by Crippen LogP contribution is 2.44. The van der Waals surface area contributed by atoms with Crippen LogP contribution in [-0.2, 0) is 14.2 Å². The normalized spacial score (nSPS) is 29.4. The number of nitrogens with zero attached hydrogens (tertiary/aromatic N) is 4. The van der Waals surface area contributed by atoms with Crippen LogP contribution in [0.3, 0.4) is 0 Å². The molecule has 8 nitrogen and oxygen atoms in total. The van der Waals surface area contributed by atoms with Crippen LogP contribution < -0.4 is 5.32 Å². The van der Waals surface area contributed by atoms with E-state index in [1.54, 1.807) is 12.7 Å². The van der Waals surface area contributed by atoms with Crippen LogP contribution in [0.4, 0.5) is 5.82 Å². The van der Waals surface area contributed by atoms with Gasteiger partial charge in [-0.2, -0.15) is 0 Å². The second kappa shape index (κ2) is 8.32. The molecule has 6 rings (SSSR count). The van der Waals surface area contributed by atoms with Crippen LogP contribution in [0.15, 0.2) is 30.9 Å². The number of halogens is 1. The van der Waals surface area contributed by atoms with E-state index in [4.69, 9.17) is 25.8 Å². The lowest BCUT2D eigenvalue weighted by Crippen LogP contribution is -2.28. The standard InChI is InChI=1S/C23H26ClN5O3S/c1-23(2)31-18-15(9-7-14-8-10-16(24)33-14)30-22(19(18)32-23)29-12-27-17-20(25-11-26-21(17)29)28-13-5-3-4-6-13/h7-13,15,18-19,22H,3-6H2,1-2H3,(H,25,26,28)/t15-,18-,19+,22-/m1/s1. The van der Waals surface area contributed by atoms with Crippen molar-refractivity contribution in [1.29, 1.82) is 0 Å². The molecular weight excluding hydrogens is 462 g/mol. The second-order valence-corrected chi connectivity index (χ2v) is 11.0. The van der Waals surface area contributed by atoms with Gasteiger partial charge in [-0.25, -0.2) is 15.0 Å². The fourth-order valence-corrected chi connectivity index (χ4v) is 5.98. The number of imidazole rings is 1. The molecule has 1 saturated carbocycles. The molecule has 0 bridgehead atoms. The zero-order valence-electron chi connectivity index (χ0n) is 18.5. The number of aromatic nitrogens is 4. The molecule has 0 radical (unpaired) electrons. The van der Waals surface area contributed by atoms with E-state index in [0.717, 1.165) is 39.0 Å². The van der Waals surface area contributed by atoms with Crippen molar-refractivity contribution in [3.8, 4) is 0 Å². The summed E-state index contributed by atoms with van der Waals surface area (Å²) in [6.07, 6.45) is 11.0. The molecule has 3 fully saturated rings. The summed E-state index contributed by atoms with van der Waals surface area (Å²) >= 11 is 7.60. The predicted molar refractivity (Wildman–Crippen MR) is 127 cm³/mol. The minimum Gasteiger partial charge on any atom is -0.365 e. The number of ether oxygens (including phenoxy) is 3. The third kappa shape index (κ3) is 4.06. The van der Waals surface area contributed by atoms with Crippen molar-refractivity contribution in [2.75, 3.05) is 5.32 Å². The predicted octanol–water partition coefficient (Wildman–Crippen LogP) is 5.03. The average Bonchev–Trinajstić information content (AvgIpc) is 3.57. The highest BCUT2D eigenvalue weighted by atomic mass is 35.5. The van der Waals surface area contributed by atoms with Crippen molar-refractivity contribution in [2.24, 2.45) is 0 Å². The van der Waals surface area contributed by atoms with E-state index in [9.17, 15) is 0 Å². The van der Waals surface area contributed by atoms with E-state index in [1.807, 2.05) is 42.7 Å². The van der Waals surface area contributed by atoms with Gasteiger partial charge >= 0.3 is 0 Å². The van der Waals surface area contributed by atoms with Gasteiger partial charge in [0, 0.05) is 10.9 Å². The van der Waals surface area contributed by atoms with Gasteiger partial charge in [0.15, 0.2) is 29.0 Å². The Balaban J connectivity index is 1.31. The summed E-state index contributed by atoms with van der Waals surface area (Å²) in [5.41, 5.74) is 1.46. The van der Waals surface area contributed by atoms with Crippen LogP contribution >= 0.6 is 22.9 Å². The van der Waals surface area contributed by atoms with Crippen LogP contribution in [-0.4, -0.2) is 49.7 Å². The Hall–Kier alpha value is -2.04. The number of anilines is 1. The molecule has 1 aliphatic carbocycles. The maximum Gasteiger partial charge on any atom is 0.167 e. The van der Waals surface area contributed by atoms with Gasteiger partial charge in [-0.1, -0.05) is 30.5 Å². The number of rotatable bonds is 5. The Bertz CT molecular complexity index is 1190. The van der Waals surface area contributed by atoms with Gasteiger partial charge in [0.05, 0.1) is 10.7 Å². The molecule has 0 aromatic carbocycles. The first-order valence-corrected chi connectivity index (χ1v) is 12.5. The molecule has 10 heteroatoms. The summed E-state index contributed by atoms with van der Waals surface area (Å²) in [5, 5.41) is 3.55. The Labute approximate surface area is 200 Å². The van der Waals surface area contributed by atoms with Crippen LogP contribution in [0.1, 0.15) is 50.6 Å². The lowest BCUT2D eigenvalue weighted by atomic mass is 10.1. The summed E-state index contributed by atoms with van der Waals surface area (Å²) < 4.78 is 21.7. The fourth-order valence-electron chi connectivity index (χ4n) is 5.00. The molecule has 3 aromatic heterocycles. The number of hydrogen-bond donors (Lipinski definition) is 1. The van der Waals surface area contributed by atoms with E-state index in [0.29, 0.717) is 6.04 Å². The quantitative estimate of drug-likeness (QED) is 0.540. The Morgan fingerprint density at radius 1 is 1.15 bits per heavy atom. The number of thiophene rings is 1. The van der Waals surface area contributed by atoms with Gasteiger partial charge in [0.2, 0.25) is 0 Å². The zero-order chi connectivity index (χ0) is 22.6. The molecule has 4 atom stereocenters. The van der Waals surface area contributed by atoms with E-state index in [-0.39, 0.29) is 18.3 Å². The van der Waals surface area contributed by atoms with Gasteiger partial charge in [-0.05, 0) is 44.9 Å². The third-order valence-corrected chi connectivity index (χ3v) is 7.63. The molecule has 5 heterocycles. The summed E-state index contributed by atoms with van der Waals surface area (Å²) in [4.78, 5) is 14.7. The van der Waals surface area contributed by atoms with Gasteiger partial charge in [-0.15, -0.1) is 11.3 Å². The minimum atomic E-state index is -0.698. The van der Waals surface area contributed by atoms with Crippen molar-refractivity contribution >= 4 is 46.0 Å². The van der Waals surface area contributed by atoms with Crippen molar-refractivity contribution in [3.05, 3.63) is 40.1 Å². The van der Waals surface area contributed by atoms with E-state index >= 15 is 0 Å². The molecule has 2 saturated heterocycles. The smallest absolute Gasteiger partial charge is 0.167 e. The first-order chi connectivity index (χ1) is 16.0. The van der Waals surface area contributed by atoms with Crippen molar-refractivity contribution in [1.82, 2.24) is 19.5 Å². The lowest BCUT2D eigenvalue weighted by Gasteiger charge is -2.24. The second-order valence-electron chi connectivity index (χ2n) is 9.23. The summed E-state index contributed by atoms with van der Waals surface area (Å²) in [7, 11) is 0. The topological polar surface area (TPSA) is 83.3 Å². The third-order valence-electron chi connectivity index (χ3n) is 6.44. The Morgan fingerprint density at radius 3 is 2.76 bits per heavy atom. The Morgan fingerprint density at radius 2 is 1.97 bits per heavy atom. The highest BCUT2D eigenvalue weighted by Gasteiger charge is 2.55. The molecule has 0 unspecified atom stereocenters. The van der Waals surface area contributed by atoms with Crippen molar-refractivity contribution in [2.45, 2.75) is 75.9 Å².